The number of hydrogen-bond acceptors (Lipinski definition) is 7. The van der Waals surface area contributed by atoms with Crippen molar-refractivity contribution in [3.63, 3.8) is 0 Å². The van der Waals surface area contributed by atoms with Crippen molar-refractivity contribution < 1.29 is 26.3 Å². The van der Waals surface area contributed by atoms with Gasteiger partial charge in [0, 0.05) is 45.0 Å². The number of fused-ring (bicyclic) bond motifs is 1. The molecule has 44 heavy (non-hydrogen) atoms. The fourth-order valence-electron chi connectivity index (χ4n) is 5.19. The third-order valence-corrected chi connectivity index (χ3v) is 7.43. The summed E-state index contributed by atoms with van der Waals surface area (Å²) in [6, 6.07) is 5.96. The van der Waals surface area contributed by atoms with Crippen molar-refractivity contribution in [3.05, 3.63) is 76.6 Å². The van der Waals surface area contributed by atoms with E-state index in [4.69, 9.17) is 11.6 Å². The molecule has 1 fully saturated rings. The fraction of sp³-hybridized carbons (Fsp3) is 0.448. The lowest BCUT2D eigenvalue weighted by Crippen LogP contribution is -2.53. The lowest BCUT2D eigenvalue weighted by Gasteiger charge is -2.43. The SMILES string of the molecule is CC.CNCCn1cnc2c(N3CCN(C(c4ccc(C(F)(F)F)cc4)c4ccc(C(F)(F)F)cn4)CC3C)nc(Cl)nc21. The summed E-state index contributed by atoms with van der Waals surface area (Å²) in [5.74, 6) is 0.555. The van der Waals surface area contributed by atoms with E-state index in [1.165, 1.54) is 18.2 Å². The Morgan fingerprint density at radius 2 is 1.59 bits per heavy atom. The molecule has 4 heterocycles. The number of nitrogens with one attached hydrogen (secondary N) is 1. The van der Waals surface area contributed by atoms with Crippen LogP contribution >= 0.6 is 11.6 Å². The molecule has 1 aromatic carbocycles. The number of halogens is 7. The summed E-state index contributed by atoms with van der Waals surface area (Å²) in [5.41, 5.74) is 0.216. The highest BCUT2D eigenvalue weighted by Crippen LogP contribution is 2.36. The molecule has 15 heteroatoms. The Balaban J connectivity index is 0.00000216. The molecule has 1 N–H and O–H groups in total. The van der Waals surface area contributed by atoms with Crippen LogP contribution in [0.2, 0.25) is 5.28 Å². The van der Waals surface area contributed by atoms with E-state index in [9.17, 15) is 26.3 Å². The zero-order chi connectivity index (χ0) is 32.2. The summed E-state index contributed by atoms with van der Waals surface area (Å²) in [6.07, 6.45) is -6.67. The van der Waals surface area contributed by atoms with Crippen LogP contribution in [-0.4, -0.2) is 68.7 Å². The van der Waals surface area contributed by atoms with Gasteiger partial charge in [0.05, 0.1) is 29.2 Å². The van der Waals surface area contributed by atoms with Crippen LogP contribution in [0.3, 0.4) is 0 Å². The summed E-state index contributed by atoms with van der Waals surface area (Å²) in [7, 11) is 1.84. The van der Waals surface area contributed by atoms with Gasteiger partial charge in [-0.05, 0) is 55.4 Å². The van der Waals surface area contributed by atoms with Crippen LogP contribution in [-0.2, 0) is 18.9 Å². The Morgan fingerprint density at radius 1 is 0.932 bits per heavy atom. The van der Waals surface area contributed by atoms with E-state index in [0.717, 1.165) is 24.4 Å². The highest BCUT2D eigenvalue weighted by atomic mass is 35.5. The summed E-state index contributed by atoms with van der Waals surface area (Å²) < 4.78 is 81.3. The third kappa shape index (κ3) is 7.24. The Kier molecular flexibility index (Phi) is 10.4. The van der Waals surface area contributed by atoms with Gasteiger partial charge in [0.25, 0.3) is 0 Å². The summed E-state index contributed by atoms with van der Waals surface area (Å²) >= 11 is 6.30. The number of likely N-dealkylation sites (N-methyl/N-ethyl adjacent to an activating group) is 1. The smallest absolute Gasteiger partial charge is 0.349 e. The van der Waals surface area contributed by atoms with Crippen LogP contribution in [0.15, 0.2) is 48.9 Å². The highest BCUT2D eigenvalue weighted by Gasteiger charge is 2.36. The van der Waals surface area contributed by atoms with Gasteiger partial charge < -0.3 is 14.8 Å². The highest BCUT2D eigenvalue weighted by molar-refractivity contribution is 6.28. The summed E-state index contributed by atoms with van der Waals surface area (Å²) in [4.78, 5) is 21.5. The van der Waals surface area contributed by atoms with Crippen LogP contribution in [0.5, 0.6) is 0 Å². The van der Waals surface area contributed by atoms with Crippen LogP contribution in [0, 0.1) is 0 Å². The molecule has 5 rings (SSSR count). The van der Waals surface area contributed by atoms with Gasteiger partial charge in [0.2, 0.25) is 5.28 Å². The van der Waals surface area contributed by atoms with Crippen LogP contribution < -0.4 is 10.2 Å². The number of anilines is 1. The van der Waals surface area contributed by atoms with Crippen molar-refractivity contribution in [2.45, 2.75) is 51.8 Å². The Hall–Kier alpha value is -3.49. The monoisotopic (exact) mass is 642 g/mol. The zero-order valence-corrected chi connectivity index (χ0v) is 25.3. The zero-order valence-electron chi connectivity index (χ0n) is 24.6. The number of benzene rings is 1. The second-order valence-electron chi connectivity index (χ2n) is 10.1. The number of rotatable bonds is 7. The predicted octanol–water partition coefficient (Wildman–Crippen LogP) is 6.46. The van der Waals surface area contributed by atoms with Crippen LogP contribution in [0.1, 0.15) is 49.2 Å². The topological polar surface area (TPSA) is 75.0 Å². The Morgan fingerprint density at radius 3 is 2.16 bits per heavy atom. The standard InChI is InChI=1S/C27H27ClF6N8.C2H6/c1-16-14-40(11-12-42(16)24-21-23(38-25(28)39-24)41(15-37-21)10-9-35-2)22(17-3-5-18(6-4-17)26(29,30)31)20-8-7-19(13-36-20)27(32,33)34;1-2/h3-8,13,15-16,22,35H,9-12,14H2,1-2H3;1-2H3. The molecule has 0 saturated carbocycles. The number of alkyl halides is 6. The molecule has 2 unspecified atom stereocenters. The van der Waals surface area contributed by atoms with Gasteiger partial charge in [-0.25, -0.2) is 4.98 Å². The van der Waals surface area contributed by atoms with Gasteiger partial charge in [0.1, 0.15) is 0 Å². The average Bonchev–Trinajstić information content (AvgIpc) is 3.39. The van der Waals surface area contributed by atoms with E-state index in [2.05, 4.69) is 25.3 Å². The molecular formula is C29H33ClF6N8. The summed E-state index contributed by atoms with van der Waals surface area (Å²) in [5, 5.41) is 3.14. The van der Waals surface area contributed by atoms with Crippen molar-refractivity contribution in [1.82, 2.24) is 34.7 Å². The molecule has 0 bridgehead atoms. The average molecular weight is 643 g/mol. The number of nitrogens with zero attached hydrogens (tertiary/aromatic N) is 7. The summed E-state index contributed by atoms with van der Waals surface area (Å²) in [6.45, 7) is 8.51. The molecule has 3 aromatic heterocycles. The molecule has 1 saturated heterocycles. The third-order valence-electron chi connectivity index (χ3n) is 7.26. The van der Waals surface area contributed by atoms with Crippen molar-refractivity contribution in [3.8, 4) is 0 Å². The molecule has 2 atom stereocenters. The van der Waals surface area contributed by atoms with E-state index >= 15 is 0 Å². The van der Waals surface area contributed by atoms with E-state index in [1.54, 1.807) is 6.33 Å². The number of piperazine rings is 1. The lowest BCUT2D eigenvalue weighted by molar-refractivity contribution is -0.138. The number of imidazole rings is 1. The molecule has 8 nitrogen and oxygen atoms in total. The maximum Gasteiger partial charge on any atom is 0.417 e. The molecule has 1 aliphatic rings. The second-order valence-corrected chi connectivity index (χ2v) is 10.4. The first-order valence-corrected chi connectivity index (χ1v) is 14.5. The molecule has 238 valence electrons. The molecule has 0 spiro atoms. The van der Waals surface area contributed by atoms with Crippen molar-refractivity contribution in [1.29, 1.82) is 0 Å². The minimum Gasteiger partial charge on any atom is -0.349 e. The van der Waals surface area contributed by atoms with Crippen LogP contribution in [0.25, 0.3) is 11.2 Å². The van der Waals surface area contributed by atoms with Gasteiger partial charge in [-0.1, -0.05) is 26.0 Å². The van der Waals surface area contributed by atoms with E-state index in [1.807, 2.05) is 42.2 Å². The second kappa shape index (κ2) is 13.7. The first kappa shape index (κ1) is 33.4. The largest absolute Gasteiger partial charge is 0.417 e. The van der Waals surface area contributed by atoms with Crippen molar-refractivity contribution in [2.24, 2.45) is 0 Å². The Labute approximate surface area is 256 Å². The minimum atomic E-state index is -4.57. The molecule has 4 aromatic rings. The molecule has 1 aliphatic heterocycles. The molecular weight excluding hydrogens is 610 g/mol. The first-order chi connectivity index (χ1) is 20.9. The number of aromatic nitrogens is 5. The van der Waals surface area contributed by atoms with Gasteiger partial charge in [-0.15, -0.1) is 0 Å². The molecule has 0 amide bonds. The van der Waals surface area contributed by atoms with Gasteiger partial charge in [-0.2, -0.15) is 36.3 Å². The lowest BCUT2D eigenvalue weighted by atomic mass is 9.97. The normalized spacial score (nSPS) is 17.0. The van der Waals surface area contributed by atoms with Gasteiger partial charge >= 0.3 is 12.4 Å². The molecule has 0 radical (unpaired) electrons. The quantitative estimate of drug-likeness (QED) is 0.183. The maximum absolute atomic E-state index is 13.2. The van der Waals surface area contributed by atoms with E-state index in [-0.39, 0.29) is 11.3 Å². The number of hydrogen-bond donors (Lipinski definition) is 1. The van der Waals surface area contributed by atoms with E-state index in [0.29, 0.717) is 61.0 Å². The van der Waals surface area contributed by atoms with Crippen molar-refractivity contribution in [2.75, 3.05) is 38.1 Å². The predicted molar refractivity (Wildman–Crippen MR) is 157 cm³/mol. The molecule has 0 aliphatic carbocycles. The van der Waals surface area contributed by atoms with Gasteiger partial charge in [0.15, 0.2) is 17.0 Å². The number of pyridine rings is 1. The van der Waals surface area contributed by atoms with Crippen LogP contribution in [0.4, 0.5) is 32.2 Å². The minimum absolute atomic E-state index is 0.0647. The van der Waals surface area contributed by atoms with Crippen molar-refractivity contribution >= 4 is 28.6 Å². The first-order valence-electron chi connectivity index (χ1n) is 14.1. The maximum atomic E-state index is 13.2. The van der Waals surface area contributed by atoms with Gasteiger partial charge in [-0.3, -0.25) is 9.88 Å². The Bertz CT molecular complexity index is 1470. The fourth-order valence-corrected chi connectivity index (χ4v) is 5.35. The van der Waals surface area contributed by atoms with E-state index < -0.39 is 29.5 Å².